The fourth-order valence-electron chi connectivity index (χ4n) is 2.47. The number of thiazole rings is 1. The van der Waals surface area contributed by atoms with Crippen LogP contribution in [0.2, 0.25) is 0 Å². The highest BCUT2D eigenvalue weighted by atomic mass is 32.1. The van der Waals surface area contributed by atoms with Gasteiger partial charge in [-0.25, -0.2) is 9.97 Å². The highest BCUT2D eigenvalue weighted by Crippen LogP contribution is 2.22. The lowest BCUT2D eigenvalue weighted by molar-refractivity contribution is 0.405. The molecule has 3 rings (SSSR count). The number of benzene rings is 1. The van der Waals surface area contributed by atoms with Crippen LogP contribution >= 0.6 is 11.3 Å². The van der Waals surface area contributed by atoms with Gasteiger partial charge in [-0.3, -0.25) is 4.68 Å². The van der Waals surface area contributed by atoms with Crippen molar-refractivity contribution in [3.8, 4) is 0 Å². The minimum absolute atomic E-state index is 0.344. The smallest absolute Gasteiger partial charge is 0.137 e. The van der Waals surface area contributed by atoms with E-state index in [1.807, 2.05) is 10.7 Å². The van der Waals surface area contributed by atoms with Crippen LogP contribution in [0.5, 0.6) is 0 Å². The molecule has 0 amide bonds. The molecular weight excluding hydrogens is 282 g/mol. The van der Waals surface area contributed by atoms with Crippen LogP contribution in [0.15, 0.2) is 36.9 Å². The summed E-state index contributed by atoms with van der Waals surface area (Å²) in [4.78, 5) is 8.65. The summed E-state index contributed by atoms with van der Waals surface area (Å²) >= 11 is 1.78. The van der Waals surface area contributed by atoms with Crippen molar-refractivity contribution in [3.05, 3.63) is 41.9 Å². The maximum absolute atomic E-state index is 4.69. The van der Waals surface area contributed by atoms with Crippen molar-refractivity contribution in [2.24, 2.45) is 0 Å². The number of aromatic nitrogens is 4. The van der Waals surface area contributed by atoms with Crippen molar-refractivity contribution in [1.82, 2.24) is 25.1 Å². The van der Waals surface area contributed by atoms with Crippen molar-refractivity contribution < 1.29 is 0 Å². The summed E-state index contributed by atoms with van der Waals surface area (Å²) in [5.74, 6) is 0. The first-order valence-corrected chi connectivity index (χ1v) is 7.95. The van der Waals surface area contributed by atoms with E-state index in [9.17, 15) is 0 Å². The first kappa shape index (κ1) is 14.2. The van der Waals surface area contributed by atoms with E-state index in [2.05, 4.69) is 52.4 Å². The molecule has 6 heteroatoms. The first-order chi connectivity index (χ1) is 10.2. The van der Waals surface area contributed by atoms with E-state index in [0.29, 0.717) is 12.1 Å². The van der Waals surface area contributed by atoms with Crippen LogP contribution in [0, 0.1) is 0 Å². The Morgan fingerprint density at radius 2 is 2.10 bits per heavy atom. The second kappa shape index (κ2) is 6.32. The van der Waals surface area contributed by atoms with Gasteiger partial charge in [0.2, 0.25) is 0 Å². The van der Waals surface area contributed by atoms with Crippen LogP contribution in [0.25, 0.3) is 10.2 Å². The molecule has 0 saturated carbocycles. The lowest BCUT2D eigenvalue weighted by Gasteiger charge is -2.19. The first-order valence-electron chi connectivity index (χ1n) is 7.13. The van der Waals surface area contributed by atoms with Crippen LogP contribution < -0.4 is 5.32 Å². The zero-order valence-corrected chi connectivity index (χ0v) is 13.0. The lowest BCUT2D eigenvalue weighted by Crippen LogP contribution is -2.38. The standard InChI is InChI=1S/C15H19N5S/c1-11(18-12(2)8-20-10-16-9-17-20)7-15-19-13-5-3-4-6-14(13)21-15/h3-6,9-12,18H,7-8H2,1-2H3/t11-,12+/m0/s1. The molecule has 2 heterocycles. The predicted octanol–water partition coefficient (Wildman–Crippen LogP) is 2.50. The molecule has 2 aromatic heterocycles. The van der Waals surface area contributed by atoms with Gasteiger partial charge in [-0.1, -0.05) is 12.1 Å². The van der Waals surface area contributed by atoms with Gasteiger partial charge >= 0.3 is 0 Å². The number of fused-ring (bicyclic) bond motifs is 1. The van der Waals surface area contributed by atoms with Crippen LogP contribution in [0.4, 0.5) is 0 Å². The average molecular weight is 301 g/mol. The molecule has 5 nitrogen and oxygen atoms in total. The van der Waals surface area contributed by atoms with Crippen molar-refractivity contribution in [2.75, 3.05) is 0 Å². The highest BCUT2D eigenvalue weighted by molar-refractivity contribution is 7.18. The molecule has 1 N–H and O–H groups in total. The molecule has 0 unspecified atom stereocenters. The molecule has 0 saturated heterocycles. The minimum atomic E-state index is 0.344. The summed E-state index contributed by atoms with van der Waals surface area (Å²) < 4.78 is 3.11. The van der Waals surface area contributed by atoms with Crippen molar-refractivity contribution in [3.63, 3.8) is 0 Å². The van der Waals surface area contributed by atoms with Crippen LogP contribution in [0.1, 0.15) is 18.9 Å². The van der Waals surface area contributed by atoms with E-state index in [4.69, 9.17) is 0 Å². The maximum atomic E-state index is 4.69. The van der Waals surface area contributed by atoms with E-state index in [1.54, 1.807) is 24.0 Å². The van der Waals surface area contributed by atoms with Crippen LogP contribution in [-0.4, -0.2) is 31.8 Å². The number of hydrogen-bond donors (Lipinski definition) is 1. The van der Waals surface area contributed by atoms with Crippen molar-refractivity contribution in [2.45, 2.75) is 38.9 Å². The molecule has 110 valence electrons. The molecule has 2 atom stereocenters. The summed E-state index contributed by atoms with van der Waals surface area (Å²) in [6, 6.07) is 9.02. The molecule has 0 aliphatic rings. The van der Waals surface area contributed by atoms with Crippen LogP contribution in [0.3, 0.4) is 0 Å². The molecule has 0 radical (unpaired) electrons. The molecule has 0 bridgehead atoms. The Bertz CT molecular complexity index is 658. The molecule has 0 spiro atoms. The van der Waals surface area contributed by atoms with Gasteiger partial charge in [-0.2, -0.15) is 5.10 Å². The SMILES string of the molecule is C[C@H](Cn1cncn1)N[C@@H](C)Cc1nc2ccccc2s1. The van der Waals surface area contributed by atoms with Gasteiger partial charge in [0.25, 0.3) is 0 Å². The van der Waals surface area contributed by atoms with Gasteiger partial charge in [-0.15, -0.1) is 11.3 Å². The third kappa shape index (κ3) is 3.65. The molecule has 0 aliphatic heterocycles. The molecule has 3 aromatic rings. The van der Waals surface area contributed by atoms with E-state index in [1.165, 1.54) is 9.71 Å². The van der Waals surface area contributed by atoms with E-state index >= 15 is 0 Å². The Morgan fingerprint density at radius 1 is 1.24 bits per heavy atom. The highest BCUT2D eigenvalue weighted by Gasteiger charge is 2.11. The fourth-order valence-corrected chi connectivity index (χ4v) is 3.57. The Labute approximate surface area is 128 Å². The zero-order chi connectivity index (χ0) is 14.7. The van der Waals surface area contributed by atoms with Gasteiger partial charge in [-0.05, 0) is 26.0 Å². The third-order valence-corrected chi connectivity index (χ3v) is 4.37. The third-order valence-electron chi connectivity index (χ3n) is 3.32. The fraction of sp³-hybridized carbons (Fsp3) is 0.400. The lowest BCUT2D eigenvalue weighted by atomic mass is 10.2. The molecule has 21 heavy (non-hydrogen) atoms. The van der Waals surface area contributed by atoms with E-state index in [0.717, 1.165) is 18.5 Å². The summed E-state index contributed by atoms with van der Waals surface area (Å²) in [5.41, 5.74) is 1.10. The Hall–Kier alpha value is -1.79. The zero-order valence-electron chi connectivity index (χ0n) is 12.2. The number of para-hydroxylation sites is 1. The Morgan fingerprint density at radius 3 is 2.86 bits per heavy atom. The van der Waals surface area contributed by atoms with E-state index in [-0.39, 0.29) is 0 Å². The topological polar surface area (TPSA) is 55.6 Å². The van der Waals surface area contributed by atoms with Crippen molar-refractivity contribution in [1.29, 1.82) is 0 Å². The van der Waals surface area contributed by atoms with Crippen LogP contribution in [-0.2, 0) is 13.0 Å². The summed E-state index contributed by atoms with van der Waals surface area (Å²) in [6.45, 7) is 5.19. The molecule has 0 fully saturated rings. The Kier molecular flexibility index (Phi) is 4.26. The molecule has 0 aliphatic carbocycles. The van der Waals surface area contributed by atoms with Gasteiger partial charge in [0, 0.05) is 18.5 Å². The second-order valence-corrected chi connectivity index (χ2v) is 6.48. The largest absolute Gasteiger partial charge is 0.310 e. The second-order valence-electron chi connectivity index (χ2n) is 5.37. The predicted molar refractivity (Wildman–Crippen MR) is 85.4 cm³/mol. The van der Waals surface area contributed by atoms with Crippen molar-refractivity contribution >= 4 is 21.6 Å². The minimum Gasteiger partial charge on any atom is -0.310 e. The van der Waals surface area contributed by atoms with Gasteiger partial charge in [0.1, 0.15) is 12.7 Å². The van der Waals surface area contributed by atoms with Gasteiger partial charge in [0.15, 0.2) is 0 Å². The molecule has 1 aromatic carbocycles. The van der Waals surface area contributed by atoms with Gasteiger partial charge in [0.05, 0.1) is 21.8 Å². The summed E-state index contributed by atoms with van der Waals surface area (Å²) in [7, 11) is 0. The van der Waals surface area contributed by atoms with E-state index < -0.39 is 0 Å². The normalized spacial score (nSPS) is 14.4. The summed E-state index contributed by atoms with van der Waals surface area (Å²) in [5, 5.41) is 8.90. The van der Waals surface area contributed by atoms with Gasteiger partial charge < -0.3 is 5.32 Å². The monoisotopic (exact) mass is 301 g/mol. The summed E-state index contributed by atoms with van der Waals surface area (Å²) in [6.07, 6.45) is 4.26. The average Bonchev–Trinajstić information content (AvgIpc) is 3.06. The molecular formula is C15H19N5S. The maximum Gasteiger partial charge on any atom is 0.137 e. The number of nitrogens with zero attached hydrogens (tertiary/aromatic N) is 4. The Balaban J connectivity index is 1.56. The number of rotatable bonds is 6. The quantitative estimate of drug-likeness (QED) is 0.760. The number of nitrogens with one attached hydrogen (secondary N) is 1. The number of hydrogen-bond acceptors (Lipinski definition) is 5.